The molecule has 280 valence electrons. The second-order valence-electron chi connectivity index (χ2n) is 13.9. The summed E-state index contributed by atoms with van der Waals surface area (Å²) in [5, 5.41) is 2.84. The van der Waals surface area contributed by atoms with Gasteiger partial charge in [-0.1, -0.05) is 45.3 Å². The number of aromatic nitrogens is 8. The zero-order chi connectivity index (χ0) is 37.1. The Morgan fingerprint density at radius 1 is 1.02 bits per heavy atom. The summed E-state index contributed by atoms with van der Waals surface area (Å²) in [6.07, 6.45) is 1.63. The molecular weight excluding hydrogens is 763 g/mol. The number of hydrogen-bond donors (Lipinski definition) is 7. The van der Waals surface area contributed by atoms with Crippen molar-refractivity contribution in [2.45, 2.75) is 88.6 Å². The van der Waals surface area contributed by atoms with Crippen molar-refractivity contribution in [1.29, 1.82) is 0 Å². The summed E-state index contributed by atoms with van der Waals surface area (Å²) in [6.45, 7) is 2.76. The molecule has 0 aliphatic carbocycles. The van der Waals surface area contributed by atoms with Gasteiger partial charge < -0.3 is 34.4 Å². The monoisotopic (exact) mass is 804 g/mol. The highest BCUT2D eigenvalue weighted by molar-refractivity contribution is 8.45. The molecule has 2 aliphatic rings. The van der Waals surface area contributed by atoms with E-state index < -0.39 is 64.1 Å². The Kier molecular flexibility index (Phi) is 10.6. The summed E-state index contributed by atoms with van der Waals surface area (Å²) in [6, 6.07) is -0.732. The van der Waals surface area contributed by atoms with Crippen LogP contribution in [-0.2, 0) is 32.1 Å². The third kappa shape index (κ3) is 8.39. The highest BCUT2D eigenvalue weighted by Gasteiger charge is 2.47. The number of aromatic amines is 1. The normalized spacial score (nSPS) is 26.9. The van der Waals surface area contributed by atoms with Gasteiger partial charge in [-0.3, -0.25) is 33.5 Å². The molecule has 0 spiro atoms. The standard InChI is InChI=1S/C26H42N12O8P2S2Si/c1-26(2,3)51(4,5)46-15-6-13(44-24(15)38-12-32-18-20(27)30-10-31-21(18)38)8-43-48(41,50)36-14-7-17(45-16(14)9-42-47(29,40)49)37-11-33-19-22(37)34-25(28)35-23(19)39/h10-17,24H,6-9H2,1-5H3,(H2,27,30,31)(H3,29,40,49)(H2,36,41,50)(H3,28,34,35,39)/t13-,14-,15+,16+,17+,24+,47?,48?/m0/s1. The number of imidazole rings is 2. The number of nitrogen functional groups attached to an aromatic ring is 2. The molecule has 2 fully saturated rings. The van der Waals surface area contributed by atoms with Crippen LogP contribution in [0, 0.1) is 0 Å². The highest BCUT2D eigenvalue weighted by Crippen LogP contribution is 2.52. The van der Waals surface area contributed by atoms with Crippen LogP contribution in [0.15, 0.2) is 23.8 Å². The Bertz CT molecular complexity index is 2070. The minimum atomic E-state index is -3.87. The average Bonchev–Trinajstić information content (AvgIpc) is 3.79. The van der Waals surface area contributed by atoms with E-state index in [1.165, 1.54) is 17.2 Å². The summed E-state index contributed by atoms with van der Waals surface area (Å²) < 4.78 is 59.8. The van der Waals surface area contributed by atoms with Crippen LogP contribution in [0.2, 0.25) is 18.1 Å². The molecule has 20 nitrogen and oxygen atoms in total. The van der Waals surface area contributed by atoms with Gasteiger partial charge in [0.2, 0.25) is 5.95 Å². The van der Waals surface area contributed by atoms with Crippen LogP contribution in [0.3, 0.4) is 0 Å². The molecule has 2 unspecified atom stereocenters. The number of nitrogens with two attached hydrogens (primary N) is 3. The van der Waals surface area contributed by atoms with Gasteiger partial charge >= 0.3 is 13.4 Å². The molecule has 0 saturated carbocycles. The van der Waals surface area contributed by atoms with Gasteiger partial charge in [-0.05, 0) is 18.1 Å². The van der Waals surface area contributed by atoms with Gasteiger partial charge in [0.05, 0.1) is 44.2 Å². The molecule has 25 heteroatoms. The lowest BCUT2D eigenvalue weighted by Gasteiger charge is -2.39. The minimum Gasteiger partial charge on any atom is -0.409 e. The van der Waals surface area contributed by atoms with Crippen LogP contribution >= 0.6 is 37.9 Å². The average molecular weight is 805 g/mol. The van der Waals surface area contributed by atoms with Crippen molar-refractivity contribution < 1.29 is 32.1 Å². The van der Waals surface area contributed by atoms with Gasteiger partial charge in [-0.15, -0.1) is 0 Å². The molecule has 0 amide bonds. The molecule has 0 radical (unpaired) electrons. The Morgan fingerprint density at radius 3 is 2.43 bits per heavy atom. The van der Waals surface area contributed by atoms with Crippen molar-refractivity contribution in [2.75, 3.05) is 24.7 Å². The Hall–Kier alpha value is -2.40. The predicted molar refractivity (Wildman–Crippen MR) is 198 cm³/mol. The van der Waals surface area contributed by atoms with E-state index in [4.69, 9.17) is 39.9 Å². The lowest BCUT2D eigenvalue weighted by atomic mass is 10.1. The van der Waals surface area contributed by atoms with E-state index >= 15 is 0 Å². The summed E-state index contributed by atoms with van der Waals surface area (Å²) in [5.41, 5.74) is 17.9. The molecule has 6 heterocycles. The summed E-state index contributed by atoms with van der Waals surface area (Å²) in [7, 11) is -2.29. The summed E-state index contributed by atoms with van der Waals surface area (Å²) in [4.78, 5) is 35.9. The first-order valence-corrected chi connectivity index (χ1v) is 24.4. The van der Waals surface area contributed by atoms with Crippen molar-refractivity contribution in [3.63, 3.8) is 0 Å². The lowest BCUT2D eigenvalue weighted by Crippen LogP contribution is -2.45. The number of hydrogen-bond acceptors (Lipinski definition) is 15. The van der Waals surface area contributed by atoms with Gasteiger partial charge in [-0.2, -0.15) is 4.98 Å². The van der Waals surface area contributed by atoms with E-state index in [1.807, 2.05) is 0 Å². The van der Waals surface area contributed by atoms with Crippen LogP contribution in [0.1, 0.15) is 46.1 Å². The van der Waals surface area contributed by atoms with Crippen LogP contribution < -0.4 is 27.6 Å². The maximum absolute atomic E-state index is 13.9. The number of H-pyrrole nitrogens is 1. The maximum Gasteiger partial charge on any atom is 0.323 e. The smallest absolute Gasteiger partial charge is 0.323 e. The fourth-order valence-electron chi connectivity index (χ4n) is 5.74. The zero-order valence-corrected chi connectivity index (χ0v) is 33.0. The molecule has 6 rings (SSSR count). The molecule has 2 saturated heterocycles. The molecule has 8 atom stereocenters. The van der Waals surface area contributed by atoms with Crippen LogP contribution in [0.25, 0.3) is 22.3 Å². The quantitative estimate of drug-likeness (QED) is 0.0615. The minimum absolute atomic E-state index is 0.0485. The number of anilines is 2. The van der Waals surface area contributed by atoms with Crippen molar-refractivity contribution >= 4 is 80.4 Å². The van der Waals surface area contributed by atoms with E-state index in [0.717, 1.165) is 0 Å². The maximum atomic E-state index is 13.9. The zero-order valence-electron chi connectivity index (χ0n) is 28.4. The van der Waals surface area contributed by atoms with Crippen molar-refractivity contribution in [1.82, 2.24) is 44.1 Å². The Labute approximate surface area is 303 Å². The largest absolute Gasteiger partial charge is 0.409 e. The fraction of sp³-hybridized carbons (Fsp3) is 0.615. The number of fused-ring (bicyclic) bond motifs is 2. The number of rotatable bonds is 12. The molecule has 2 aliphatic heterocycles. The van der Waals surface area contributed by atoms with Crippen molar-refractivity contribution in [2.24, 2.45) is 5.50 Å². The molecule has 4 aromatic rings. The van der Waals surface area contributed by atoms with Crippen LogP contribution in [0.4, 0.5) is 11.8 Å². The molecule has 4 aromatic heterocycles. The van der Waals surface area contributed by atoms with Crippen LogP contribution in [-0.4, -0.2) is 84.9 Å². The molecule has 8 N–H and O–H groups in total. The number of thiol groups is 2. The van der Waals surface area contributed by atoms with Gasteiger partial charge in [0.1, 0.15) is 18.1 Å². The summed E-state index contributed by atoms with van der Waals surface area (Å²) in [5.74, 6) is 0.127. The Balaban J connectivity index is 1.19. The van der Waals surface area contributed by atoms with Gasteiger partial charge in [-0.25, -0.2) is 25.0 Å². The second kappa shape index (κ2) is 14.1. The van der Waals surface area contributed by atoms with Crippen LogP contribution in [0.5, 0.6) is 0 Å². The number of nitrogens with one attached hydrogen (secondary N) is 2. The van der Waals surface area contributed by atoms with Gasteiger partial charge in [0.25, 0.3) is 5.56 Å². The van der Waals surface area contributed by atoms with E-state index in [1.54, 1.807) is 10.9 Å². The van der Waals surface area contributed by atoms with Gasteiger partial charge in [0, 0.05) is 18.9 Å². The molecular formula is C26H42N12O8P2S2Si. The first kappa shape index (κ1) is 38.3. The van der Waals surface area contributed by atoms with E-state index in [9.17, 15) is 13.9 Å². The van der Waals surface area contributed by atoms with Gasteiger partial charge in [0.15, 0.2) is 37.2 Å². The highest BCUT2D eigenvalue weighted by atomic mass is 32.7. The number of ether oxygens (including phenoxy) is 2. The second-order valence-corrected chi connectivity index (χ2v) is 24.9. The third-order valence-corrected chi connectivity index (χ3v) is 16.5. The predicted octanol–water partition coefficient (Wildman–Crippen LogP) is 3.12. The fourth-order valence-corrected chi connectivity index (χ4v) is 9.40. The molecule has 51 heavy (non-hydrogen) atoms. The van der Waals surface area contributed by atoms with E-state index in [0.29, 0.717) is 17.6 Å². The first-order valence-electron chi connectivity index (χ1n) is 15.9. The first-order chi connectivity index (χ1) is 23.7. The van der Waals surface area contributed by atoms with Crippen molar-refractivity contribution in [3.8, 4) is 0 Å². The third-order valence-electron chi connectivity index (χ3n) is 9.24. The van der Waals surface area contributed by atoms with E-state index in [-0.39, 0.29) is 47.6 Å². The summed E-state index contributed by atoms with van der Waals surface area (Å²) >= 11 is 8.18. The van der Waals surface area contributed by atoms with E-state index in [2.05, 4.69) is 93.4 Å². The topological polar surface area (TPSA) is 278 Å². The molecule has 0 bridgehead atoms. The Morgan fingerprint density at radius 2 is 1.73 bits per heavy atom. The SMILES string of the molecule is CC(C)(C)[Si](C)(C)O[C@@H]1C[C@@H](COP(=O)(S)N[C@H]2C[C@H](n3cnc4c(=O)[nH]c(N)nc43)O[C@@H]2COP(N)(=O)S)O[C@H]1n1cnc2c(N)ncnc21. The molecule has 0 aromatic carbocycles. The van der Waals surface area contributed by atoms with Crippen molar-refractivity contribution in [3.05, 3.63) is 29.3 Å². The lowest BCUT2D eigenvalue weighted by molar-refractivity contribution is -0.0426. The number of nitrogens with zero attached hydrogens (tertiary/aromatic N) is 7.